The summed E-state index contributed by atoms with van der Waals surface area (Å²) in [7, 11) is 0. The molecule has 10 heteroatoms. The average Bonchev–Trinajstić information content (AvgIpc) is 3.36. The van der Waals surface area contributed by atoms with Crippen molar-refractivity contribution in [3.63, 3.8) is 0 Å². The van der Waals surface area contributed by atoms with Gasteiger partial charge in [0.1, 0.15) is 6.54 Å². The van der Waals surface area contributed by atoms with Crippen LogP contribution in [-0.4, -0.2) is 47.1 Å². The van der Waals surface area contributed by atoms with Crippen molar-refractivity contribution in [2.45, 2.75) is 45.4 Å². The van der Waals surface area contributed by atoms with Gasteiger partial charge in [-0.1, -0.05) is 35.8 Å². The summed E-state index contributed by atoms with van der Waals surface area (Å²) in [6.45, 7) is 5.74. The maximum absolute atomic E-state index is 14.0. The van der Waals surface area contributed by atoms with Crippen molar-refractivity contribution in [1.82, 2.24) is 9.80 Å². The monoisotopic (exact) mass is 507 g/mol. The van der Waals surface area contributed by atoms with Gasteiger partial charge in [-0.05, 0) is 55.7 Å². The van der Waals surface area contributed by atoms with E-state index in [1.54, 1.807) is 19.1 Å². The number of oxime groups is 1. The molecule has 0 radical (unpaired) electrons. The molecule has 4 rings (SSSR count). The summed E-state index contributed by atoms with van der Waals surface area (Å²) >= 11 is 6.17. The number of benzene rings is 2. The van der Waals surface area contributed by atoms with Crippen LogP contribution in [0, 0.1) is 6.92 Å². The molecule has 2 aliphatic rings. The molecule has 1 fully saturated rings. The molecule has 0 bridgehead atoms. The lowest BCUT2D eigenvalue weighted by Crippen LogP contribution is -2.33. The Morgan fingerprint density at radius 1 is 1.23 bits per heavy atom. The first-order valence-electron chi connectivity index (χ1n) is 11.2. The number of halogens is 4. The Balaban J connectivity index is 1.62. The maximum Gasteiger partial charge on any atom is 0.417 e. The van der Waals surface area contributed by atoms with Crippen LogP contribution in [0.3, 0.4) is 0 Å². The molecule has 0 spiro atoms. The molecule has 0 N–H and O–H groups in total. The Bertz CT molecular complexity index is 1190. The summed E-state index contributed by atoms with van der Waals surface area (Å²) in [5.74, 6) is -1.11. The minimum Gasteiger partial charge on any atom is -0.384 e. The van der Waals surface area contributed by atoms with E-state index in [9.17, 15) is 22.8 Å². The summed E-state index contributed by atoms with van der Waals surface area (Å²) in [6, 6.07) is 8.94. The van der Waals surface area contributed by atoms with E-state index in [2.05, 4.69) is 5.16 Å². The number of alkyl halides is 3. The van der Waals surface area contributed by atoms with Crippen LogP contribution < -0.4 is 0 Å². The van der Waals surface area contributed by atoms with Crippen molar-refractivity contribution in [2.24, 2.45) is 5.16 Å². The van der Waals surface area contributed by atoms with Crippen LogP contribution in [0.15, 0.2) is 41.6 Å². The van der Waals surface area contributed by atoms with Crippen molar-refractivity contribution in [1.29, 1.82) is 0 Å². The van der Waals surface area contributed by atoms with Gasteiger partial charge in [-0.2, -0.15) is 13.2 Å². The predicted molar refractivity (Wildman–Crippen MR) is 125 cm³/mol. The molecular formula is C25H25ClF3N3O3. The van der Waals surface area contributed by atoms with Gasteiger partial charge >= 0.3 is 6.18 Å². The fourth-order valence-electron chi connectivity index (χ4n) is 4.41. The lowest BCUT2D eigenvalue weighted by Gasteiger charge is -2.23. The van der Waals surface area contributed by atoms with E-state index in [-0.39, 0.29) is 31.1 Å². The van der Waals surface area contributed by atoms with Crippen molar-refractivity contribution in [3.05, 3.63) is 69.2 Å². The first kappa shape index (κ1) is 25.0. The molecule has 186 valence electrons. The number of amides is 2. The van der Waals surface area contributed by atoms with Gasteiger partial charge in [0.05, 0.1) is 23.5 Å². The van der Waals surface area contributed by atoms with Gasteiger partial charge in [0.15, 0.2) is 5.60 Å². The molecule has 0 aliphatic carbocycles. The number of hydrogen-bond acceptors (Lipinski definition) is 4. The number of hydrogen-bond donors (Lipinski definition) is 0. The molecule has 1 saturated heterocycles. The Hall–Kier alpha value is -3.07. The molecule has 2 aromatic rings. The molecule has 0 saturated carbocycles. The lowest BCUT2D eigenvalue weighted by molar-refractivity contribution is -0.138. The molecule has 1 unspecified atom stereocenters. The number of carbonyl (C=O) groups excluding carboxylic acids is 2. The van der Waals surface area contributed by atoms with E-state index in [0.717, 1.165) is 28.2 Å². The van der Waals surface area contributed by atoms with Crippen molar-refractivity contribution in [3.8, 4) is 0 Å². The molecule has 35 heavy (non-hydrogen) atoms. The number of rotatable bonds is 5. The topological polar surface area (TPSA) is 62.2 Å². The van der Waals surface area contributed by atoms with E-state index in [4.69, 9.17) is 16.4 Å². The second-order valence-electron chi connectivity index (χ2n) is 9.11. The van der Waals surface area contributed by atoms with Gasteiger partial charge in [0.2, 0.25) is 5.91 Å². The maximum atomic E-state index is 14.0. The van der Waals surface area contributed by atoms with Crippen LogP contribution in [-0.2, 0) is 21.4 Å². The third-order valence-electron chi connectivity index (χ3n) is 6.20. The standard InChI is InChI=1S/C25H25ClF3N3O3/c1-4-7-31-14-32(13-22(31)33)23(34)19-6-5-16(10-20(19)25(27,28)29)21-12-24(3,35-30-21)17-8-15(2)9-18(26)11-17/h5-6,8-11H,4,7,12-14H2,1-3H3. The molecule has 2 heterocycles. The molecule has 2 aromatic carbocycles. The normalized spacial score (nSPS) is 20.3. The highest BCUT2D eigenvalue weighted by atomic mass is 35.5. The summed E-state index contributed by atoms with van der Waals surface area (Å²) < 4.78 is 42.0. The SMILES string of the molecule is CCCN1CN(C(=O)c2ccc(C3=NOC(C)(c4cc(C)cc(Cl)c4)C3)cc2C(F)(F)F)CC1=O. The van der Waals surface area contributed by atoms with E-state index >= 15 is 0 Å². The minimum atomic E-state index is -4.78. The average molecular weight is 508 g/mol. The van der Waals surface area contributed by atoms with Gasteiger partial charge in [0.25, 0.3) is 5.91 Å². The zero-order valence-corrected chi connectivity index (χ0v) is 20.3. The zero-order valence-electron chi connectivity index (χ0n) is 19.6. The third-order valence-corrected chi connectivity index (χ3v) is 6.42. The molecule has 1 atom stereocenters. The Morgan fingerprint density at radius 2 is 1.97 bits per heavy atom. The van der Waals surface area contributed by atoms with E-state index in [1.165, 1.54) is 11.0 Å². The molecular weight excluding hydrogens is 483 g/mol. The van der Waals surface area contributed by atoms with Crippen LogP contribution in [0.5, 0.6) is 0 Å². The molecule has 6 nitrogen and oxygen atoms in total. The Morgan fingerprint density at radius 3 is 2.63 bits per heavy atom. The Kier molecular flexibility index (Phi) is 6.57. The summed E-state index contributed by atoms with van der Waals surface area (Å²) in [5.41, 5.74) is -0.236. The highest BCUT2D eigenvalue weighted by molar-refractivity contribution is 6.30. The van der Waals surface area contributed by atoms with E-state index in [1.807, 2.05) is 19.9 Å². The second kappa shape index (κ2) is 9.18. The van der Waals surface area contributed by atoms with Crippen LogP contribution >= 0.6 is 11.6 Å². The minimum absolute atomic E-state index is 0.0253. The van der Waals surface area contributed by atoms with Gasteiger partial charge in [-0.15, -0.1) is 0 Å². The number of nitrogens with zero attached hydrogens (tertiary/aromatic N) is 3. The summed E-state index contributed by atoms with van der Waals surface area (Å²) in [6.07, 6.45) is -3.86. The smallest absolute Gasteiger partial charge is 0.384 e. The fourth-order valence-corrected chi connectivity index (χ4v) is 4.70. The van der Waals surface area contributed by atoms with Crippen molar-refractivity contribution in [2.75, 3.05) is 19.8 Å². The summed E-state index contributed by atoms with van der Waals surface area (Å²) in [4.78, 5) is 33.3. The zero-order chi connectivity index (χ0) is 25.5. The van der Waals surface area contributed by atoms with E-state index in [0.29, 0.717) is 23.7 Å². The van der Waals surface area contributed by atoms with Crippen LogP contribution in [0.4, 0.5) is 13.2 Å². The molecule has 2 aliphatic heterocycles. The first-order chi connectivity index (χ1) is 16.4. The predicted octanol–water partition coefficient (Wildman–Crippen LogP) is 5.36. The quantitative estimate of drug-likeness (QED) is 0.547. The van der Waals surface area contributed by atoms with Gasteiger partial charge in [-0.3, -0.25) is 9.59 Å². The van der Waals surface area contributed by atoms with E-state index < -0.39 is 28.8 Å². The second-order valence-corrected chi connectivity index (χ2v) is 9.55. The van der Waals surface area contributed by atoms with Gasteiger partial charge in [0, 0.05) is 23.6 Å². The lowest BCUT2D eigenvalue weighted by atomic mass is 9.87. The van der Waals surface area contributed by atoms with Crippen LogP contribution in [0.25, 0.3) is 0 Å². The van der Waals surface area contributed by atoms with Crippen molar-refractivity contribution >= 4 is 29.1 Å². The van der Waals surface area contributed by atoms with Gasteiger partial charge < -0.3 is 14.6 Å². The highest BCUT2D eigenvalue weighted by Gasteiger charge is 2.41. The van der Waals surface area contributed by atoms with Crippen LogP contribution in [0.2, 0.25) is 5.02 Å². The fraction of sp³-hybridized carbons (Fsp3) is 0.400. The highest BCUT2D eigenvalue weighted by Crippen LogP contribution is 2.39. The van der Waals surface area contributed by atoms with Gasteiger partial charge in [-0.25, -0.2) is 0 Å². The molecule has 2 amide bonds. The Labute approximate surface area is 206 Å². The number of carbonyl (C=O) groups is 2. The van der Waals surface area contributed by atoms with Crippen molar-refractivity contribution < 1.29 is 27.6 Å². The first-order valence-corrected chi connectivity index (χ1v) is 11.6. The van der Waals surface area contributed by atoms with Crippen LogP contribution in [0.1, 0.15) is 59.3 Å². The summed E-state index contributed by atoms with van der Waals surface area (Å²) in [5, 5.41) is 4.60. The number of aryl methyl sites for hydroxylation is 1. The third kappa shape index (κ3) is 5.00. The molecule has 0 aromatic heterocycles. The largest absolute Gasteiger partial charge is 0.417 e.